The van der Waals surface area contributed by atoms with E-state index < -0.39 is 58.2 Å². The van der Waals surface area contributed by atoms with Crippen molar-refractivity contribution in [2.75, 3.05) is 6.61 Å². The van der Waals surface area contributed by atoms with E-state index in [1.165, 1.54) is 0 Å². The molecule has 0 aromatic rings. The predicted octanol–water partition coefficient (Wildman–Crippen LogP) is 1.69. The predicted molar refractivity (Wildman–Crippen MR) is 82.8 cm³/mol. The van der Waals surface area contributed by atoms with E-state index in [1.807, 2.05) is 0 Å². The number of ether oxygens (including phenoxy) is 2. The molecule has 5 atom stereocenters. The lowest BCUT2D eigenvalue weighted by Gasteiger charge is -2.29. The largest absolute Gasteiger partial charge is 0.465 e. The summed E-state index contributed by atoms with van der Waals surface area (Å²) in [6.07, 6.45) is -3.37. The molecule has 152 valence electrons. The van der Waals surface area contributed by atoms with Gasteiger partial charge in [0.25, 0.3) is 0 Å². The Kier molecular flexibility index (Phi) is 5.96. The molecule has 5 unspecified atom stereocenters. The molecule has 0 aliphatic carbocycles. The van der Waals surface area contributed by atoms with Gasteiger partial charge in [0.05, 0.1) is 30.3 Å². The second kappa shape index (κ2) is 7.25. The highest BCUT2D eigenvalue weighted by atomic mass is 32.2. The second-order valence-electron chi connectivity index (χ2n) is 7.54. The third-order valence-corrected chi connectivity index (χ3v) is 5.63. The smallest absolute Gasteiger partial charge is 0.400 e. The van der Waals surface area contributed by atoms with Crippen LogP contribution < -0.4 is 0 Å². The molecule has 7 nitrogen and oxygen atoms in total. The van der Waals surface area contributed by atoms with Crippen LogP contribution >= 0.6 is 0 Å². The van der Waals surface area contributed by atoms with Gasteiger partial charge in [-0.2, -0.15) is 17.2 Å². The third-order valence-electron chi connectivity index (χ3n) is 4.68. The number of esters is 1. The van der Waals surface area contributed by atoms with Gasteiger partial charge in [0.15, 0.2) is 6.17 Å². The van der Waals surface area contributed by atoms with Gasteiger partial charge in [0, 0.05) is 6.42 Å². The van der Waals surface area contributed by atoms with E-state index in [0.29, 0.717) is 19.3 Å². The fraction of sp³-hybridized carbons (Fsp3) is 0.933. The van der Waals surface area contributed by atoms with Crippen LogP contribution in [0.5, 0.6) is 0 Å². The SMILES string of the molecule is CC(C)(O)CC1CC2CC(C(=O)OCCC(F)C(F)(F)S(=O)(=O)O)C1O2. The number of carbonyl (C=O) groups excluding carboxylic acids is 1. The van der Waals surface area contributed by atoms with Crippen molar-refractivity contribution in [3.05, 3.63) is 0 Å². The number of fused-ring (bicyclic) bond motifs is 2. The maximum absolute atomic E-state index is 13.4. The van der Waals surface area contributed by atoms with Gasteiger partial charge < -0.3 is 14.6 Å². The van der Waals surface area contributed by atoms with Crippen LogP contribution in [0.15, 0.2) is 0 Å². The van der Waals surface area contributed by atoms with Crippen molar-refractivity contribution in [2.24, 2.45) is 11.8 Å². The zero-order valence-electron chi connectivity index (χ0n) is 14.4. The van der Waals surface area contributed by atoms with E-state index in [9.17, 15) is 31.5 Å². The van der Waals surface area contributed by atoms with Crippen LogP contribution in [0, 0.1) is 11.8 Å². The standard InChI is InChI=1S/C15H23F3O7S/c1-14(2,20)7-8-5-9-6-10(12(8)25-9)13(19)24-4-3-11(16)15(17,18)26(21,22)23/h8-12,20H,3-7H2,1-2H3,(H,21,22,23). The Hall–Kier alpha value is -0.910. The topological polar surface area (TPSA) is 110 Å². The van der Waals surface area contributed by atoms with Gasteiger partial charge in [-0.3, -0.25) is 9.35 Å². The summed E-state index contributed by atoms with van der Waals surface area (Å²) in [7, 11) is -5.89. The molecule has 26 heavy (non-hydrogen) atoms. The summed E-state index contributed by atoms with van der Waals surface area (Å²) in [5.74, 6) is -1.43. The number of rotatable bonds is 8. The summed E-state index contributed by atoms with van der Waals surface area (Å²) in [5.41, 5.74) is -0.935. The summed E-state index contributed by atoms with van der Waals surface area (Å²) in [5, 5.41) is 4.96. The molecule has 2 bridgehead atoms. The van der Waals surface area contributed by atoms with Crippen molar-refractivity contribution in [3.8, 4) is 0 Å². The van der Waals surface area contributed by atoms with Gasteiger partial charge in [0.2, 0.25) is 0 Å². The van der Waals surface area contributed by atoms with Gasteiger partial charge in [-0.1, -0.05) is 0 Å². The average molecular weight is 404 g/mol. The maximum Gasteiger partial charge on any atom is 0.400 e. The number of halogens is 3. The minimum absolute atomic E-state index is 0.0518. The van der Waals surface area contributed by atoms with E-state index in [1.54, 1.807) is 13.8 Å². The van der Waals surface area contributed by atoms with Crippen molar-refractivity contribution in [2.45, 2.75) is 68.8 Å². The highest BCUT2D eigenvalue weighted by molar-refractivity contribution is 7.86. The lowest BCUT2D eigenvalue weighted by Crippen LogP contribution is -2.40. The molecule has 2 rings (SSSR count). The summed E-state index contributed by atoms with van der Waals surface area (Å²) in [4.78, 5) is 12.1. The molecule has 11 heteroatoms. The molecule has 0 radical (unpaired) electrons. The molecular formula is C15H23F3O7S. The Morgan fingerprint density at radius 1 is 1.35 bits per heavy atom. The van der Waals surface area contributed by atoms with E-state index >= 15 is 0 Å². The summed E-state index contributed by atoms with van der Waals surface area (Å²) in [6.45, 7) is 2.53. The first-order chi connectivity index (χ1) is 11.7. The van der Waals surface area contributed by atoms with Crippen LogP contribution in [-0.4, -0.2) is 59.9 Å². The van der Waals surface area contributed by atoms with Crippen molar-refractivity contribution in [3.63, 3.8) is 0 Å². The molecule has 2 N–H and O–H groups in total. The summed E-state index contributed by atoms with van der Waals surface area (Å²) in [6, 6.07) is 0. The Balaban J connectivity index is 1.85. The number of aliphatic hydroxyl groups is 1. The fourth-order valence-corrected chi connectivity index (χ4v) is 4.07. The number of carbonyl (C=O) groups is 1. The van der Waals surface area contributed by atoms with Crippen LogP contribution in [0.1, 0.15) is 39.5 Å². The first-order valence-electron chi connectivity index (χ1n) is 8.26. The lowest BCUT2D eigenvalue weighted by molar-refractivity contribution is -0.152. The first kappa shape index (κ1) is 21.4. The molecule has 2 fully saturated rings. The first-order valence-corrected chi connectivity index (χ1v) is 9.70. The molecule has 0 aromatic carbocycles. The lowest BCUT2D eigenvalue weighted by atomic mass is 9.77. The summed E-state index contributed by atoms with van der Waals surface area (Å²) >= 11 is 0. The van der Waals surface area contributed by atoms with Crippen LogP contribution in [0.4, 0.5) is 13.2 Å². The van der Waals surface area contributed by atoms with Gasteiger partial charge in [-0.25, -0.2) is 4.39 Å². The Labute approximate surface area is 149 Å². The van der Waals surface area contributed by atoms with Crippen LogP contribution in [-0.2, 0) is 24.4 Å². The third kappa shape index (κ3) is 4.68. The van der Waals surface area contributed by atoms with Gasteiger partial charge in [-0.15, -0.1) is 0 Å². The zero-order valence-corrected chi connectivity index (χ0v) is 15.2. The molecular weight excluding hydrogens is 381 g/mol. The molecule has 2 heterocycles. The molecule has 0 spiro atoms. The molecule has 0 amide bonds. The van der Waals surface area contributed by atoms with E-state index in [0.717, 1.165) is 0 Å². The molecule has 2 saturated heterocycles. The highest BCUT2D eigenvalue weighted by Crippen LogP contribution is 2.46. The van der Waals surface area contributed by atoms with E-state index in [-0.39, 0.29) is 12.0 Å². The van der Waals surface area contributed by atoms with E-state index in [2.05, 4.69) is 0 Å². The normalized spacial score (nSPS) is 30.4. The Morgan fingerprint density at radius 2 is 1.96 bits per heavy atom. The van der Waals surface area contributed by atoms with Crippen molar-refractivity contribution in [1.82, 2.24) is 0 Å². The number of hydrogen-bond donors (Lipinski definition) is 2. The quantitative estimate of drug-likeness (QED) is 0.468. The fourth-order valence-electron chi connectivity index (χ4n) is 3.62. The van der Waals surface area contributed by atoms with Crippen LogP contribution in [0.3, 0.4) is 0 Å². The van der Waals surface area contributed by atoms with Crippen molar-refractivity contribution in [1.29, 1.82) is 0 Å². The molecule has 0 saturated carbocycles. The molecule has 0 aromatic heterocycles. The van der Waals surface area contributed by atoms with Gasteiger partial charge in [-0.05, 0) is 39.0 Å². The minimum Gasteiger partial charge on any atom is -0.465 e. The Morgan fingerprint density at radius 3 is 2.46 bits per heavy atom. The van der Waals surface area contributed by atoms with Gasteiger partial charge >= 0.3 is 21.3 Å². The number of hydrogen-bond acceptors (Lipinski definition) is 6. The Bertz CT molecular complexity index is 632. The monoisotopic (exact) mass is 404 g/mol. The van der Waals surface area contributed by atoms with Crippen LogP contribution in [0.2, 0.25) is 0 Å². The summed E-state index contributed by atoms with van der Waals surface area (Å²) < 4.78 is 79.3. The number of alkyl halides is 3. The average Bonchev–Trinajstić information content (AvgIpc) is 3.03. The van der Waals surface area contributed by atoms with E-state index in [4.69, 9.17) is 14.0 Å². The molecule has 2 aliphatic rings. The maximum atomic E-state index is 13.4. The highest BCUT2D eigenvalue weighted by Gasteiger charge is 2.53. The second-order valence-corrected chi connectivity index (χ2v) is 9.03. The minimum atomic E-state index is -5.89. The van der Waals surface area contributed by atoms with Crippen molar-refractivity contribution >= 4 is 16.1 Å². The van der Waals surface area contributed by atoms with Gasteiger partial charge in [0.1, 0.15) is 0 Å². The molecule has 2 aliphatic heterocycles. The van der Waals surface area contributed by atoms with Crippen molar-refractivity contribution < 1.29 is 45.5 Å². The zero-order chi connectivity index (χ0) is 19.9. The van der Waals surface area contributed by atoms with Crippen LogP contribution in [0.25, 0.3) is 0 Å².